The van der Waals surface area contributed by atoms with Crippen LogP contribution in [0.1, 0.15) is 30.1 Å². The number of hydrogen-bond donors (Lipinski definition) is 2. The van der Waals surface area contributed by atoms with E-state index in [-0.39, 0.29) is 11.9 Å². The highest BCUT2D eigenvalue weighted by Gasteiger charge is 2.38. The van der Waals surface area contributed by atoms with Gasteiger partial charge < -0.3 is 9.73 Å². The van der Waals surface area contributed by atoms with E-state index in [1.54, 1.807) is 18.2 Å². The van der Waals surface area contributed by atoms with E-state index in [1.807, 2.05) is 0 Å². The third kappa shape index (κ3) is 2.43. The Hall–Kier alpha value is -2.08. The molecule has 1 saturated carbocycles. The van der Waals surface area contributed by atoms with Gasteiger partial charge in [-0.3, -0.25) is 14.7 Å². The van der Waals surface area contributed by atoms with Crippen molar-refractivity contribution in [3.8, 4) is 0 Å². The predicted molar refractivity (Wildman–Crippen MR) is 81.8 cm³/mol. The molecular weight excluding hydrogens is 282 g/mol. The van der Waals surface area contributed by atoms with Gasteiger partial charge >= 0.3 is 5.76 Å². The number of carbonyl (C=O) groups excluding carboxylic acids is 1. The van der Waals surface area contributed by atoms with Crippen LogP contribution in [-0.2, 0) is 0 Å². The van der Waals surface area contributed by atoms with Gasteiger partial charge in [0.15, 0.2) is 5.58 Å². The van der Waals surface area contributed by atoms with E-state index >= 15 is 0 Å². The number of amides is 1. The lowest BCUT2D eigenvalue weighted by Gasteiger charge is -2.17. The minimum atomic E-state index is -0.503. The molecular formula is C16H19N3O3. The summed E-state index contributed by atoms with van der Waals surface area (Å²) in [6.07, 6.45) is 2.58. The molecule has 2 N–H and O–H groups in total. The van der Waals surface area contributed by atoms with Crippen molar-refractivity contribution in [3.05, 3.63) is 34.3 Å². The zero-order chi connectivity index (χ0) is 15.3. The second-order valence-electron chi connectivity index (χ2n) is 6.47. The lowest BCUT2D eigenvalue weighted by Crippen LogP contribution is -2.40. The summed E-state index contributed by atoms with van der Waals surface area (Å²) >= 11 is 0. The van der Waals surface area contributed by atoms with Crippen LogP contribution in [0.5, 0.6) is 0 Å². The van der Waals surface area contributed by atoms with Gasteiger partial charge in [0.25, 0.3) is 5.91 Å². The van der Waals surface area contributed by atoms with Crippen LogP contribution in [0.25, 0.3) is 11.1 Å². The highest BCUT2D eigenvalue weighted by molar-refractivity contribution is 5.97. The molecule has 2 aliphatic rings. The van der Waals surface area contributed by atoms with Crippen LogP contribution in [0.3, 0.4) is 0 Å². The minimum Gasteiger partial charge on any atom is -0.408 e. The number of likely N-dealkylation sites (tertiary alicyclic amines) is 1. The Kier molecular flexibility index (Phi) is 3.07. The average molecular weight is 301 g/mol. The van der Waals surface area contributed by atoms with E-state index in [0.717, 1.165) is 19.1 Å². The van der Waals surface area contributed by atoms with Crippen molar-refractivity contribution in [1.82, 2.24) is 15.2 Å². The monoisotopic (exact) mass is 301 g/mol. The van der Waals surface area contributed by atoms with Gasteiger partial charge in [-0.25, -0.2) is 4.79 Å². The molecule has 2 heterocycles. The lowest BCUT2D eigenvalue weighted by molar-refractivity contribution is 0.0931. The highest BCUT2D eigenvalue weighted by Crippen LogP contribution is 2.31. The third-order valence-corrected chi connectivity index (χ3v) is 4.70. The standard InChI is InChI=1S/C16H19N3O3/c1-9-7-19(11-3-4-11)8-13(9)17-15(20)10-2-5-12-14(6-10)22-16(21)18-12/h2,5-6,9,11,13H,3-4,7-8H2,1H3,(H,17,20)(H,18,21)/t9-,13-/m0/s1. The molecule has 2 fully saturated rings. The van der Waals surface area contributed by atoms with E-state index in [0.29, 0.717) is 22.6 Å². The number of oxazole rings is 1. The largest absolute Gasteiger partial charge is 0.417 e. The predicted octanol–water partition coefficient (Wildman–Crippen LogP) is 1.33. The summed E-state index contributed by atoms with van der Waals surface area (Å²) in [5.41, 5.74) is 1.54. The molecule has 1 aliphatic carbocycles. The van der Waals surface area contributed by atoms with Crippen LogP contribution in [-0.4, -0.2) is 41.0 Å². The van der Waals surface area contributed by atoms with Gasteiger partial charge in [0.05, 0.1) is 5.52 Å². The first-order chi connectivity index (χ1) is 10.6. The zero-order valence-corrected chi connectivity index (χ0v) is 12.5. The zero-order valence-electron chi connectivity index (χ0n) is 12.5. The molecule has 0 spiro atoms. The van der Waals surface area contributed by atoms with Crippen LogP contribution in [0.4, 0.5) is 0 Å². The van der Waals surface area contributed by atoms with E-state index in [1.165, 1.54) is 12.8 Å². The van der Waals surface area contributed by atoms with Gasteiger partial charge in [-0.1, -0.05) is 6.92 Å². The number of hydrogen-bond acceptors (Lipinski definition) is 4. The fourth-order valence-electron chi connectivity index (χ4n) is 3.27. The molecule has 22 heavy (non-hydrogen) atoms. The van der Waals surface area contributed by atoms with E-state index in [4.69, 9.17) is 4.42 Å². The Labute approximate surface area is 127 Å². The number of rotatable bonds is 3. The number of aromatic nitrogens is 1. The number of aromatic amines is 1. The van der Waals surface area contributed by atoms with Gasteiger partial charge in [-0.2, -0.15) is 0 Å². The number of nitrogens with one attached hydrogen (secondary N) is 2. The van der Waals surface area contributed by atoms with Crippen LogP contribution in [0.15, 0.2) is 27.4 Å². The SMILES string of the molecule is C[C@H]1CN(C2CC2)C[C@@H]1NC(=O)c1ccc2[nH]c(=O)oc2c1. The first kappa shape index (κ1) is 13.6. The molecule has 2 aromatic rings. The molecule has 1 amide bonds. The lowest BCUT2D eigenvalue weighted by atomic mass is 10.1. The van der Waals surface area contributed by atoms with Crippen LogP contribution >= 0.6 is 0 Å². The molecule has 1 aliphatic heterocycles. The topological polar surface area (TPSA) is 78.3 Å². The molecule has 1 aromatic carbocycles. The quantitative estimate of drug-likeness (QED) is 0.896. The fourth-order valence-corrected chi connectivity index (χ4v) is 3.27. The van der Waals surface area contributed by atoms with Gasteiger partial charge in [0.2, 0.25) is 0 Å². The van der Waals surface area contributed by atoms with Crippen molar-refractivity contribution >= 4 is 17.0 Å². The Morgan fingerprint density at radius 3 is 2.95 bits per heavy atom. The molecule has 0 unspecified atom stereocenters. The number of benzene rings is 1. The number of H-pyrrole nitrogens is 1. The van der Waals surface area contributed by atoms with E-state index in [9.17, 15) is 9.59 Å². The molecule has 6 heteroatoms. The fraction of sp³-hybridized carbons (Fsp3) is 0.500. The summed E-state index contributed by atoms with van der Waals surface area (Å²) < 4.78 is 5.01. The second-order valence-corrected chi connectivity index (χ2v) is 6.47. The Morgan fingerprint density at radius 1 is 1.36 bits per heavy atom. The maximum atomic E-state index is 12.4. The summed E-state index contributed by atoms with van der Waals surface area (Å²) in [5, 5.41) is 3.12. The Balaban J connectivity index is 1.49. The van der Waals surface area contributed by atoms with Crippen molar-refractivity contribution in [2.75, 3.05) is 13.1 Å². The number of fused-ring (bicyclic) bond motifs is 1. The average Bonchev–Trinajstić information content (AvgIpc) is 3.17. The number of nitrogens with zero attached hydrogens (tertiary/aromatic N) is 1. The van der Waals surface area contributed by atoms with Crippen LogP contribution in [0.2, 0.25) is 0 Å². The van der Waals surface area contributed by atoms with Gasteiger partial charge in [0, 0.05) is 30.7 Å². The van der Waals surface area contributed by atoms with Crippen molar-refractivity contribution in [1.29, 1.82) is 0 Å². The first-order valence-electron chi connectivity index (χ1n) is 7.78. The van der Waals surface area contributed by atoms with Crippen molar-refractivity contribution < 1.29 is 9.21 Å². The number of carbonyl (C=O) groups is 1. The van der Waals surface area contributed by atoms with E-state index < -0.39 is 5.76 Å². The third-order valence-electron chi connectivity index (χ3n) is 4.70. The Morgan fingerprint density at radius 2 is 2.18 bits per heavy atom. The summed E-state index contributed by atoms with van der Waals surface area (Å²) in [6.45, 7) is 4.17. The molecule has 0 radical (unpaired) electrons. The van der Waals surface area contributed by atoms with E-state index in [2.05, 4.69) is 22.1 Å². The first-order valence-corrected chi connectivity index (χ1v) is 7.78. The normalized spacial score (nSPS) is 25.7. The minimum absolute atomic E-state index is 0.111. The van der Waals surface area contributed by atoms with Gasteiger partial charge in [-0.15, -0.1) is 0 Å². The molecule has 6 nitrogen and oxygen atoms in total. The smallest absolute Gasteiger partial charge is 0.408 e. The van der Waals surface area contributed by atoms with Crippen molar-refractivity contribution in [2.24, 2.45) is 5.92 Å². The molecule has 116 valence electrons. The molecule has 1 aromatic heterocycles. The summed E-state index contributed by atoms with van der Waals surface area (Å²) in [6, 6.07) is 5.93. The summed E-state index contributed by atoms with van der Waals surface area (Å²) in [4.78, 5) is 28.6. The molecule has 2 atom stereocenters. The van der Waals surface area contributed by atoms with Crippen LogP contribution < -0.4 is 11.1 Å². The molecule has 4 rings (SSSR count). The summed E-state index contributed by atoms with van der Waals surface area (Å²) in [7, 11) is 0. The Bertz CT molecular complexity index is 774. The van der Waals surface area contributed by atoms with Gasteiger partial charge in [-0.05, 0) is 37.0 Å². The second kappa shape index (κ2) is 4.98. The highest BCUT2D eigenvalue weighted by atomic mass is 16.4. The van der Waals surface area contributed by atoms with Crippen molar-refractivity contribution in [2.45, 2.75) is 31.8 Å². The van der Waals surface area contributed by atoms with Crippen LogP contribution in [0, 0.1) is 5.92 Å². The van der Waals surface area contributed by atoms with Crippen molar-refractivity contribution in [3.63, 3.8) is 0 Å². The summed E-state index contributed by atoms with van der Waals surface area (Å²) in [5.74, 6) is -0.157. The van der Waals surface area contributed by atoms with Gasteiger partial charge in [0.1, 0.15) is 0 Å². The maximum absolute atomic E-state index is 12.4. The maximum Gasteiger partial charge on any atom is 0.417 e. The molecule has 0 bridgehead atoms. The molecule has 1 saturated heterocycles.